The maximum absolute atomic E-state index is 12.0. The van der Waals surface area contributed by atoms with Gasteiger partial charge in [0.15, 0.2) is 0 Å². The topological polar surface area (TPSA) is 62.3 Å². The molecule has 0 atom stereocenters. The van der Waals surface area contributed by atoms with E-state index in [9.17, 15) is 9.59 Å². The third-order valence-electron chi connectivity index (χ3n) is 3.34. The molecular formula is C14H18ClN3O2. The van der Waals surface area contributed by atoms with Crippen molar-refractivity contribution in [2.45, 2.75) is 26.2 Å². The SMILES string of the molecule is Cc1cc(Cl)c(C(=O)NCC(=O)N2CCCCC2)cn1. The molecule has 1 saturated heterocycles. The van der Waals surface area contributed by atoms with Crippen LogP contribution in [0.5, 0.6) is 0 Å². The number of hydrogen-bond donors (Lipinski definition) is 1. The Morgan fingerprint density at radius 2 is 2.05 bits per heavy atom. The largest absolute Gasteiger partial charge is 0.343 e. The van der Waals surface area contributed by atoms with Crippen molar-refractivity contribution in [1.29, 1.82) is 0 Å². The Balaban J connectivity index is 1.89. The molecule has 5 nitrogen and oxygen atoms in total. The van der Waals surface area contributed by atoms with E-state index in [-0.39, 0.29) is 18.4 Å². The van der Waals surface area contributed by atoms with E-state index in [0.29, 0.717) is 10.6 Å². The Bertz CT molecular complexity index is 513. The van der Waals surface area contributed by atoms with Crippen LogP contribution in [0.3, 0.4) is 0 Å². The summed E-state index contributed by atoms with van der Waals surface area (Å²) in [6, 6.07) is 1.63. The number of carbonyl (C=O) groups excluding carboxylic acids is 2. The smallest absolute Gasteiger partial charge is 0.254 e. The fourth-order valence-electron chi connectivity index (χ4n) is 2.20. The van der Waals surface area contributed by atoms with Crippen LogP contribution in [0.2, 0.25) is 5.02 Å². The molecule has 20 heavy (non-hydrogen) atoms. The molecule has 0 bridgehead atoms. The lowest BCUT2D eigenvalue weighted by molar-refractivity contribution is -0.130. The number of piperidine rings is 1. The zero-order valence-corrected chi connectivity index (χ0v) is 12.2. The zero-order chi connectivity index (χ0) is 14.5. The van der Waals surface area contributed by atoms with Crippen molar-refractivity contribution in [1.82, 2.24) is 15.2 Å². The van der Waals surface area contributed by atoms with E-state index in [1.807, 2.05) is 0 Å². The van der Waals surface area contributed by atoms with Crippen molar-refractivity contribution in [2.24, 2.45) is 0 Å². The van der Waals surface area contributed by atoms with Gasteiger partial charge in [-0.1, -0.05) is 11.6 Å². The number of carbonyl (C=O) groups is 2. The van der Waals surface area contributed by atoms with Gasteiger partial charge in [-0.2, -0.15) is 0 Å². The van der Waals surface area contributed by atoms with Crippen molar-refractivity contribution >= 4 is 23.4 Å². The number of halogens is 1. The van der Waals surface area contributed by atoms with E-state index in [1.54, 1.807) is 17.9 Å². The minimum Gasteiger partial charge on any atom is -0.343 e. The van der Waals surface area contributed by atoms with Crippen molar-refractivity contribution in [2.75, 3.05) is 19.6 Å². The Morgan fingerprint density at radius 1 is 1.35 bits per heavy atom. The van der Waals surface area contributed by atoms with Crippen LogP contribution >= 0.6 is 11.6 Å². The van der Waals surface area contributed by atoms with E-state index in [0.717, 1.165) is 31.6 Å². The number of nitrogens with one attached hydrogen (secondary N) is 1. The Labute approximate surface area is 123 Å². The second kappa shape index (κ2) is 6.70. The highest BCUT2D eigenvalue weighted by Gasteiger charge is 2.18. The van der Waals surface area contributed by atoms with E-state index < -0.39 is 0 Å². The Kier molecular flexibility index (Phi) is 4.95. The van der Waals surface area contributed by atoms with Crippen LogP contribution in [0.15, 0.2) is 12.3 Å². The maximum atomic E-state index is 12.0. The molecule has 0 spiro atoms. The molecule has 1 aromatic rings. The first kappa shape index (κ1) is 14.8. The zero-order valence-electron chi connectivity index (χ0n) is 11.5. The quantitative estimate of drug-likeness (QED) is 0.925. The molecule has 108 valence electrons. The monoisotopic (exact) mass is 295 g/mol. The van der Waals surface area contributed by atoms with Gasteiger partial charge >= 0.3 is 0 Å². The molecule has 2 amide bonds. The first-order valence-corrected chi connectivity index (χ1v) is 7.14. The summed E-state index contributed by atoms with van der Waals surface area (Å²) in [5.41, 5.74) is 1.04. The molecule has 2 heterocycles. The summed E-state index contributed by atoms with van der Waals surface area (Å²) in [6.45, 7) is 3.36. The van der Waals surface area contributed by atoms with Crippen molar-refractivity contribution in [3.63, 3.8) is 0 Å². The van der Waals surface area contributed by atoms with Crippen molar-refractivity contribution in [3.05, 3.63) is 28.5 Å². The lowest BCUT2D eigenvalue weighted by Gasteiger charge is -2.26. The van der Waals surface area contributed by atoms with Crippen LogP contribution in [0.1, 0.15) is 35.3 Å². The minimum atomic E-state index is -0.368. The average Bonchev–Trinajstić information content (AvgIpc) is 2.45. The van der Waals surface area contributed by atoms with Crippen LogP contribution in [0, 0.1) is 6.92 Å². The fraction of sp³-hybridized carbons (Fsp3) is 0.500. The molecule has 0 aliphatic carbocycles. The van der Waals surface area contributed by atoms with Gasteiger partial charge in [0, 0.05) is 25.0 Å². The first-order valence-electron chi connectivity index (χ1n) is 6.76. The van der Waals surface area contributed by atoms with Crippen LogP contribution in [0.4, 0.5) is 0 Å². The fourth-order valence-corrected chi connectivity index (χ4v) is 2.49. The lowest BCUT2D eigenvalue weighted by atomic mass is 10.1. The van der Waals surface area contributed by atoms with E-state index >= 15 is 0 Å². The summed E-state index contributed by atoms with van der Waals surface area (Å²) in [4.78, 5) is 29.7. The summed E-state index contributed by atoms with van der Waals surface area (Å²) in [7, 11) is 0. The molecule has 1 aliphatic rings. The van der Waals surface area contributed by atoms with Gasteiger partial charge in [0.1, 0.15) is 0 Å². The van der Waals surface area contributed by atoms with Crippen LogP contribution in [0.25, 0.3) is 0 Å². The molecule has 0 unspecified atom stereocenters. The highest BCUT2D eigenvalue weighted by molar-refractivity contribution is 6.33. The maximum Gasteiger partial charge on any atom is 0.254 e. The Morgan fingerprint density at radius 3 is 2.70 bits per heavy atom. The van der Waals surface area contributed by atoms with Gasteiger partial charge in [-0.25, -0.2) is 0 Å². The van der Waals surface area contributed by atoms with Crippen molar-refractivity contribution < 1.29 is 9.59 Å². The van der Waals surface area contributed by atoms with E-state index in [2.05, 4.69) is 10.3 Å². The van der Waals surface area contributed by atoms with Gasteiger partial charge in [-0.15, -0.1) is 0 Å². The third kappa shape index (κ3) is 3.70. The average molecular weight is 296 g/mol. The predicted octanol–water partition coefficient (Wildman–Crippen LogP) is 1.79. The highest BCUT2D eigenvalue weighted by Crippen LogP contribution is 2.15. The van der Waals surface area contributed by atoms with Gasteiger partial charge in [0.05, 0.1) is 17.1 Å². The number of aryl methyl sites for hydroxylation is 1. The second-order valence-electron chi connectivity index (χ2n) is 4.93. The number of hydrogen-bond acceptors (Lipinski definition) is 3. The standard InChI is InChI=1S/C14H18ClN3O2/c1-10-7-12(15)11(8-16-10)14(20)17-9-13(19)18-5-3-2-4-6-18/h7-8H,2-6,9H2,1H3,(H,17,20). The van der Waals surface area contributed by atoms with Gasteiger partial charge in [0.2, 0.25) is 5.91 Å². The van der Waals surface area contributed by atoms with Crippen LogP contribution in [-0.4, -0.2) is 41.3 Å². The normalized spacial score (nSPS) is 15.0. The first-order chi connectivity index (χ1) is 9.58. The summed E-state index contributed by atoms with van der Waals surface area (Å²) in [6.07, 6.45) is 4.67. The molecule has 0 aromatic carbocycles. The van der Waals surface area contributed by atoms with Gasteiger partial charge in [-0.05, 0) is 32.3 Å². The van der Waals surface area contributed by atoms with Crippen LogP contribution in [-0.2, 0) is 4.79 Å². The number of rotatable bonds is 3. The molecule has 1 aliphatic heterocycles. The highest BCUT2D eigenvalue weighted by atomic mass is 35.5. The molecule has 1 aromatic heterocycles. The third-order valence-corrected chi connectivity index (χ3v) is 3.66. The number of aromatic nitrogens is 1. The van der Waals surface area contributed by atoms with Gasteiger partial charge in [-0.3, -0.25) is 14.6 Å². The second-order valence-corrected chi connectivity index (χ2v) is 5.34. The minimum absolute atomic E-state index is 0.00301. The number of nitrogens with zero attached hydrogens (tertiary/aromatic N) is 2. The molecule has 1 fully saturated rings. The van der Waals surface area contributed by atoms with Gasteiger partial charge in [0.25, 0.3) is 5.91 Å². The lowest BCUT2D eigenvalue weighted by Crippen LogP contribution is -2.42. The summed E-state index contributed by atoms with van der Waals surface area (Å²) < 4.78 is 0. The molecule has 1 N–H and O–H groups in total. The molecular weight excluding hydrogens is 278 g/mol. The number of pyridine rings is 1. The van der Waals surface area contributed by atoms with E-state index in [4.69, 9.17) is 11.6 Å². The molecule has 6 heteroatoms. The molecule has 0 radical (unpaired) electrons. The van der Waals surface area contributed by atoms with E-state index in [1.165, 1.54) is 12.6 Å². The number of likely N-dealkylation sites (tertiary alicyclic amines) is 1. The van der Waals surface area contributed by atoms with Crippen LogP contribution < -0.4 is 5.32 Å². The molecule has 2 rings (SSSR count). The summed E-state index contributed by atoms with van der Waals surface area (Å²) >= 11 is 5.99. The summed E-state index contributed by atoms with van der Waals surface area (Å²) in [5, 5.41) is 2.95. The predicted molar refractivity (Wildman–Crippen MR) is 76.7 cm³/mol. The van der Waals surface area contributed by atoms with Crippen molar-refractivity contribution in [3.8, 4) is 0 Å². The number of amides is 2. The van der Waals surface area contributed by atoms with Gasteiger partial charge < -0.3 is 10.2 Å². The molecule has 0 saturated carbocycles. The summed E-state index contributed by atoms with van der Waals surface area (Å²) in [5.74, 6) is -0.415. The Hall–Kier alpha value is -1.62.